The van der Waals surface area contributed by atoms with Crippen LogP contribution >= 0.6 is 45.2 Å². The maximum atomic E-state index is 13.5. The maximum Gasteiger partial charge on any atom is 0.336 e. The molecule has 7 heteroatoms. The highest BCUT2D eigenvalue weighted by molar-refractivity contribution is 14.1. The number of hydrogen-bond acceptors (Lipinski definition) is 5. The number of carbonyl (C=O) groups is 2. The van der Waals surface area contributed by atoms with Gasteiger partial charge in [-0.1, -0.05) is 24.3 Å². The van der Waals surface area contributed by atoms with Gasteiger partial charge in [-0.25, -0.2) is 4.79 Å². The topological polar surface area (TPSA) is 64.6 Å². The number of Topliss-reactive ketones (excluding diaryl/α,β-unsaturated/α-hetero) is 1. The summed E-state index contributed by atoms with van der Waals surface area (Å²) in [5.41, 5.74) is 4.92. The van der Waals surface area contributed by atoms with Gasteiger partial charge in [0.15, 0.2) is 5.78 Å². The summed E-state index contributed by atoms with van der Waals surface area (Å²) in [6.45, 7) is 6.42. The SMILES string of the molecule is CCOC(=O)C1=C(C)NC2=C(C(=O)c3ccccc32)[C@H]1c1cc(I)c(OCC)c(I)c1. The van der Waals surface area contributed by atoms with Gasteiger partial charge in [0.05, 0.1) is 31.6 Å². The summed E-state index contributed by atoms with van der Waals surface area (Å²) < 4.78 is 13.1. The second-order valence-electron chi connectivity index (χ2n) is 7.23. The van der Waals surface area contributed by atoms with Crippen LogP contribution in [0.4, 0.5) is 0 Å². The van der Waals surface area contributed by atoms with Crippen LogP contribution in [0.2, 0.25) is 0 Å². The summed E-state index contributed by atoms with van der Waals surface area (Å²) in [5.74, 6) is -0.175. The largest absolute Gasteiger partial charge is 0.492 e. The number of allylic oxidation sites excluding steroid dienone is 2. The second kappa shape index (κ2) is 8.93. The van der Waals surface area contributed by atoms with Crippen LogP contribution in [0.1, 0.15) is 48.2 Å². The van der Waals surface area contributed by atoms with Crippen molar-refractivity contribution >= 4 is 62.6 Å². The molecule has 4 rings (SSSR count). The zero-order chi connectivity index (χ0) is 22.3. The van der Waals surface area contributed by atoms with Gasteiger partial charge < -0.3 is 14.8 Å². The number of benzene rings is 2. The number of ketones is 1. The van der Waals surface area contributed by atoms with Crippen LogP contribution in [0.15, 0.2) is 53.2 Å². The lowest BCUT2D eigenvalue weighted by molar-refractivity contribution is -0.138. The molecule has 0 aromatic heterocycles. The van der Waals surface area contributed by atoms with Crippen LogP contribution in [0, 0.1) is 7.14 Å². The van der Waals surface area contributed by atoms with E-state index in [1.165, 1.54) is 0 Å². The standard InChI is InChI=1S/C24H21I2NO4/c1-4-30-23-16(25)10-13(11-17(23)26)19-18(24(29)31-5-2)12(3)27-21-14-8-6-7-9-15(14)22(28)20(19)21/h6-11,19,27H,4-5H2,1-3H3/t19-/m0/s1. The Morgan fingerprint density at radius 1 is 1.06 bits per heavy atom. The predicted octanol–water partition coefficient (Wildman–Crippen LogP) is 5.43. The van der Waals surface area contributed by atoms with Gasteiger partial charge in [-0.15, -0.1) is 0 Å². The molecule has 5 nitrogen and oxygen atoms in total. The average molecular weight is 641 g/mol. The van der Waals surface area contributed by atoms with Crippen molar-refractivity contribution in [2.24, 2.45) is 0 Å². The molecule has 1 N–H and O–H groups in total. The highest BCUT2D eigenvalue weighted by Gasteiger charge is 2.43. The van der Waals surface area contributed by atoms with Gasteiger partial charge in [-0.2, -0.15) is 0 Å². The zero-order valence-corrected chi connectivity index (χ0v) is 21.7. The van der Waals surface area contributed by atoms with E-state index in [0.29, 0.717) is 29.0 Å². The minimum absolute atomic E-state index is 0.0590. The van der Waals surface area contributed by atoms with Gasteiger partial charge in [-0.3, -0.25) is 4.79 Å². The Morgan fingerprint density at radius 3 is 2.32 bits per heavy atom. The number of halogens is 2. The summed E-state index contributed by atoms with van der Waals surface area (Å²) in [6.07, 6.45) is 0. The molecule has 0 radical (unpaired) electrons. The van der Waals surface area contributed by atoms with Crippen LogP contribution < -0.4 is 10.1 Å². The molecule has 1 heterocycles. The van der Waals surface area contributed by atoms with Gasteiger partial charge in [0, 0.05) is 28.3 Å². The molecule has 0 amide bonds. The van der Waals surface area contributed by atoms with E-state index in [9.17, 15) is 9.59 Å². The van der Waals surface area contributed by atoms with E-state index in [4.69, 9.17) is 9.47 Å². The van der Waals surface area contributed by atoms with Gasteiger partial charge in [0.1, 0.15) is 5.75 Å². The first kappa shape index (κ1) is 22.3. The monoisotopic (exact) mass is 641 g/mol. The van der Waals surface area contributed by atoms with Crippen molar-refractivity contribution in [1.29, 1.82) is 0 Å². The Balaban J connectivity index is 1.94. The number of fused-ring (bicyclic) bond motifs is 2. The first-order valence-corrected chi connectivity index (χ1v) is 12.2. The molecule has 0 saturated carbocycles. The molecule has 2 aliphatic rings. The Kier molecular flexibility index (Phi) is 6.43. The molecule has 0 bridgehead atoms. The zero-order valence-electron chi connectivity index (χ0n) is 17.3. The van der Waals surface area contributed by atoms with Crippen LogP contribution in [0.25, 0.3) is 5.70 Å². The van der Waals surface area contributed by atoms with E-state index in [-0.39, 0.29) is 12.4 Å². The Labute approximate surface area is 208 Å². The van der Waals surface area contributed by atoms with Crippen molar-refractivity contribution in [3.63, 3.8) is 0 Å². The summed E-state index contributed by atoms with van der Waals surface area (Å²) in [5, 5.41) is 3.32. The molecule has 1 aliphatic carbocycles. The molecule has 0 unspecified atom stereocenters. The number of hydrogen-bond donors (Lipinski definition) is 1. The molecular formula is C24H21I2NO4. The van der Waals surface area contributed by atoms with E-state index in [1.807, 2.05) is 50.2 Å². The van der Waals surface area contributed by atoms with Crippen LogP contribution in [0.3, 0.4) is 0 Å². The van der Waals surface area contributed by atoms with Crippen LogP contribution in [0.5, 0.6) is 5.75 Å². The molecular weight excluding hydrogens is 620 g/mol. The highest BCUT2D eigenvalue weighted by atomic mass is 127. The Bertz CT molecular complexity index is 1140. The molecule has 2 aromatic rings. The number of carbonyl (C=O) groups excluding carboxylic acids is 2. The van der Waals surface area contributed by atoms with E-state index in [2.05, 4.69) is 50.5 Å². The minimum Gasteiger partial charge on any atom is -0.492 e. The molecule has 0 spiro atoms. The van der Waals surface area contributed by atoms with Gasteiger partial charge in [0.2, 0.25) is 0 Å². The third kappa shape index (κ3) is 3.79. The minimum atomic E-state index is -0.520. The van der Waals surface area contributed by atoms with Crippen molar-refractivity contribution < 1.29 is 19.1 Å². The van der Waals surface area contributed by atoms with E-state index in [0.717, 1.165) is 29.7 Å². The van der Waals surface area contributed by atoms with Crippen LogP contribution in [-0.2, 0) is 9.53 Å². The maximum absolute atomic E-state index is 13.5. The lowest BCUT2D eigenvalue weighted by Gasteiger charge is -2.29. The van der Waals surface area contributed by atoms with E-state index in [1.54, 1.807) is 6.92 Å². The summed E-state index contributed by atoms with van der Waals surface area (Å²) >= 11 is 4.49. The fraction of sp³-hybridized carbons (Fsp3) is 0.250. The van der Waals surface area contributed by atoms with Crippen molar-refractivity contribution in [3.05, 3.63) is 77.1 Å². The summed E-state index contributed by atoms with van der Waals surface area (Å²) in [7, 11) is 0. The molecule has 0 saturated heterocycles. The highest BCUT2D eigenvalue weighted by Crippen LogP contribution is 2.47. The number of nitrogens with one attached hydrogen (secondary N) is 1. The third-order valence-electron chi connectivity index (χ3n) is 5.39. The van der Waals surface area contributed by atoms with Crippen molar-refractivity contribution in [1.82, 2.24) is 5.32 Å². The molecule has 1 atom stereocenters. The summed E-state index contributed by atoms with van der Waals surface area (Å²) in [4.78, 5) is 26.5. The number of dihydropyridines is 1. The smallest absolute Gasteiger partial charge is 0.336 e. The second-order valence-corrected chi connectivity index (χ2v) is 9.55. The Morgan fingerprint density at radius 2 is 1.71 bits per heavy atom. The molecule has 1 aliphatic heterocycles. The lowest BCUT2D eigenvalue weighted by Crippen LogP contribution is -2.29. The molecule has 2 aromatic carbocycles. The fourth-order valence-electron chi connectivity index (χ4n) is 4.17. The van der Waals surface area contributed by atoms with Crippen molar-refractivity contribution in [3.8, 4) is 5.75 Å². The molecule has 160 valence electrons. The number of rotatable bonds is 5. The van der Waals surface area contributed by atoms with Gasteiger partial charge >= 0.3 is 5.97 Å². The van der Waals surface area contributed by atoms with Crippen molar-refractivity contribution in [2.75, 3.05) is 13.2 Å². The fourth-order valence-corrected chi connectivity index (χ4v) is 6.30. The van der Waals surface area contributed by atoms with E-state index < -0.39 is 11.9 Å². The lowest BCUT2D eigenvalue weighted by atomic mass is 9.80. The average Bonchev–Trinajstić information content (AvgIpc) is 3.02. The predicted molar refractivity (Wildman–Crippen MR) is 136 cm³/mol. The number of ether oxygens (including phenoxy) is 2. The Hall–Kier alpha value is -1.88. The first-order valence-electron chi connectivity index (χ1n) is 10.0. The van der Waals surface area contributed by atoms with Gasteiger partial charge in [0.25, 0.3) is 0 Å². The number of esters is 1. The first-order chi connectivity index (χ1) is 14.9. The molecule has 0 fully saturated rings. The van der Waals surface area contributed by atoms with Gasteiger partial charge in [-0.05, 0) is 83.6 Å². The van der Waals surface area contributed by atoms with E-state index >= 15 is 0 Å². The quantitative estimate of drug-likeness (QED) is 0.349. The molecule has 31 heavy (non-hydrogen) atoms. The third-order valence-corrected chi connectivity index (χ3v) is 6.99. The van der Waals surface area contributed by atoms with Crippen molar-refractivity contribution in [2.45, 2.75) is 26.7 Å². The summed E-state index contributed by atoms with van der Waals surface area (Å²) in [6, 6.07) is 11.5. The van der Waals surface area contributed by atoms with Crippen LogP contribution in [-0.4, -0.2) is 25.0 Å². The normalized spacial score (nSPS) is 17.3.